The standard InChI is InChI=1S/C23H25F2NO3S/c1-4-5-6-7-14-26(15-8-9-16-28-2)19-17-20(30-21(19)22(27)29-3)18-10-12-23(24,25)13-11-18/h4,7,15-18H,10-14H2,1-3H3. The molecule has 1 aliphatic carbocycles. The van der Waals surface area contributed by atoms with Gasteiger partial charge in [-0.05, 0) is 55.4 Å². The SMILES string of the molecule is CC=C=C=CCN(C=C=C=COC)c1cc(C2CCC(F)(F)CC2)sc1C(=O)OC. The van der Waals surface area contributed by atoms with Crippen LogP contribution in [-0.4, -0.2) is 32.7 Å². The van der Waals surface area contributed by atoms with Crippen LogP contribution in [0.15, 0.2) is 53.6 Å². The quantitative estimate of drug-likeness (QED) is 0.303. The summed E-state index contributed by atoms with van der Waals surface area (Å²) >= 11 is 1.30. The zero-order valence-corrected chi connectivity index (χ0v) is 18.2. The number of hydrogen-bond acceptors (Lipinski definition) is 5. The number of esters is 1. The van der Waals surface area contributed by atoms with Crippen molar-refractivity contribution in [2.24, 2.45) is 0 Å². The van der Waals surface area contributed by atoms with E-state index in [0.29, 0.717) is 30.0 Å². The number of ether oxygens (including phenoxy) is 2. The minimum atomic E-state index is -2.60. The summed E-state index contributed by atoms with van der Waals surface area (Å²) in [7, 11) is 2.83. The number of allylic oxidation sites excluding steroid dienone is 1. The molecule has 30 heavy (non-hydrogen) atoms. The fraction of sp³-hybridized carbons (Fsp3) is 0.435. The van der Waals surface area contributed by atoms with Crippen molar-refractivity contribution in [3.63, 3.8) is 0 Å². The molecule has 2 rings (SSSR count). The van der Waals surface area contributed by atoms with Crippen molar-refractivity contribution in [1.82, 2.24) is 0 Å². The van der Waals surface area contributed by atoms with Crippen LogP contribution >= 0.6 is 11.3 Å². The fourth-order valence-corrected chi connectivity index (χ4v) is 4.35. The second kappa shape index (κ2) is 11.4. The van der Waals surface area contributed by atoms with E-state index >= 15 is 0 Å². The number of carbonyl (C=O) groups excluding carboxylic acids is 1. The number of alkyl halides is 2. The molecule has 0 N–H and O–H groups in total. The molecule has 1 heterocycles. The van der Waals surface area contributed by atoms with Gasteiger partial charge in [0.1, 0.15) is 11.1 Å². The van der Waals surface area contributed by atoms with E-state index in [9.17, 15) is 13.6 Å². The normalized spacial score (nSPS) is 14.8. The highest BCUT2D eigenvalue weighted by atomic mass is 32.1. The van der Waals surface area contributed by atoms with Crippen LogP contribution in [0.1, 0.15) is 53.1 Å². The Labute approximate surface area is 179 Å². The molecule has 1 fully saturated rings. The Morgan fingerprint density at radius 1 is 1.27 bits per heavy atom. The van der Waals surface area contributed by atoms with Crippen molar-refractivity contribution < 1.29 is 23.0 Å². The molecule has 1 aromatic heterocycles. The highest BCUT2D eigenvalue weighted by Gasteiger charge is 2.36. The molecule has 0 radical (unpaired) electrons. The first-order chi connectivity index (χ1) is 14.4. The van der Waals surface area contributed by atoms with Gasteiger partial charge in [-0.2, -0.15) is 0 Å². The molecule has 0 aromatic carbocycles. The minimum Gasteiger partial charge on any atom is -0.496 e. The van der Waals surface area contributed by atoms with E-state index in [1.165, 1.54) is 31.8 Å². The van der Waals surface area contributed by atoms with Crippen LogP contribution in [0.4, 0.5) is 14.5 Å². The van der Waals surface area contributed by atoms with Crippen LogP contribution in [0.5, 0.6) is 0 Å². The van der Waals surface area contributed by atoms with Crippen molar-refractivity contribution in [1.29, 1.82) is 0 Å². The molecule has 0 amide bonds. The molecule has 160 valence electrons. The first-order valence-electron chi connectivity index (χ1n) is 9.57. The van der Waals surface area contributed by atoms with Gasteiger partial charge in [0.25, 0.3) is 0 Å². The zero-order chi connectivity index (χ0) is 22.0. The fourth-order valence-electron chi connectivity index (χ4n) is 3.09. The summed E-state index contributed by atoms with van der Waals surface area (Å²) < 4.78 is 36.9. The molecule has 1 saturated carbocycles. The Hall–Kier alpha value is -2.77. The molecule has 0 spiro atoms. The third-order valence-corrected chi connectivity index (χ3v) is 5.90. The van der Waals surface area contributed by atoms with Crippen LogP contribution in [0.2, 0.25) is 0 Å². The van der Waals surface area contributed by atoms with Crippen molar-refractivity contribution in [3.05, 3.63) is 63.4 Å². The van der Waals surface area contributed by atoms with Gasteiger partial charge in [0.2, 0.25) is 5.92 Å². The first kappa shape index (κ1) is 23.5. The molecule has 0 saturated heterocycles. The lowest BCUT2D eigenvalue weighted by molar-refractivity contribution is -0.0379. The average molecular weight is 434 g/mol. The predicted molar refractivity (Wildman–Crippen MR) is 114 cm³/mol. The molecule has 0 unspecified atom stereocenters. The summed E-state index contributed by atoms with van der Waals surface area (Å²) in [5, 5.41) is 0. The molecular weight excluding hydrogens is 408 g/mol. The second-order valence-corrected chi connectivity index (χ2v) is 7.77. The molecule has 4 nitrogen and oxygen atoms in total. The third-order valence-electron chi connectivity index (χ3n) is 4.63. The van der Waals surface area contributed by atoms with Crippen molar-refractivity contribution >= 4 is 23.0 Å². The van der Waals surface area contributed by atoms with Crippen molar-refractivity contribution in [3.8, 4) is 0 Å². The highest BCUT2D eigenvalue weighted by molar-refractivity contribution is 7.14. The van der Waals surface area contributed by atoms with Crippen LogP contribution in [0.25, 0.3) is 0 Å². The average Bonchev–Trinajstić information content (AvgIpc) is 3.17. The molecular formula is C23H25F2NO3S. The molecule has 1 aromatic rings. The number of carbonyl (C=O) groups is 1. The maximum atomic E-state index is 13.6. The number of methoxy groups -OCH3 is 2. The number of anilines is 1. The number of thiophene rings is 1. The highest BCUT2D eigenvalue weighted by Crippen LogP contribution is 2.45. The summed E-state index contributed by atoms with van der Waals surface area (Å²) in [6, 6.07) is 1.89. The molecule has 7 heteroatoms. The Morgan fingerprint density at radius 3 is 2.63 bits per heavy atom. The Morgan fingerprint density at radius 2 is 2.00 bits per heavy atom. The summed E-state index contributed by atoms with van der Waals surface area (Å²) in [5.41, 5.74) is 12.0. The van der Waals surface area contributed by atoms with Gasteiger partial charge >= 0.3 is 5.97 Å². The Balaban J connectivity index is 2.45. The van der Waals surface area contributed by atoms with Gasteiger partial charge in [0, 0.05) is 24.3 Å². The lowest BCUT2D eigenvalue weighted by Crippen LogP contribution is -2.23. The maximum Gasteiger partial charge on any atom is 0.350 e. The van der Waals surface area contributed by atoms with Gasteiger partial charge in [-0.25, -0.2) is 13.6 Å². The van der Waals surface area contributed by atoms with Gasteiger partial charge < -0.3 is 14.4 Å². The Kier molecular flexibility index (Phi) is 8.95. The summed E-state index contributed by atoms with van der Waals surface area (Å²) in [5.74, 6) is -3.07. The van der Waals surface area contributed by atoms with Crippen LogP contribution in [0.3, 0.4) is 0 Å². The smallest absolute Gasteiger partial charge is 0.350 e. The molecule has 0 aliphatic heterocycles. The third kappa shape index (κ3) is 6.64. The van der Waals surface area contributed by atoms with E-state index in [0.717, 1.165) is 4.88 Å². The van der Waals surface area contributed by atoms with Crippen molar-refractivity contribution in [2.75, 3.05) is 25.7 Å². The number of rotatable bonds is 7. The van der Waals surface area contributed by atoms with Crippen LogP contribution < -0.4 is 4.90 Å². The minimum absolute atomic E-state index is 0.00000249. The van der Waals surface area contributed by atoms with E-state index in [1.54, 1.807) is 23.3 Å². The summed E-state index contributed by atoms with van der Waals surface area (Å²) in [4.78, 5) is 15.5. The largest absolute Gasteiger partial charge is 0.496 e. The molecule has 0 atom stereocenters. The summed E-state index contributed by atoms with van der Waals surface area (Å²) in [6.45, 7) is 2.23. The molecule has 1 aliphatic rings. The van der Waals surface area contributed by atoms with E-state index in [-0.39, 0.29) is 18.8 Å². The Bertz CT molecular complexity index is 930. The van der Waals surface area contributed by atoms with E-state index in [1.807, 2.05) is 13.0 Å². The van der Waals surface area contributed by atoms with E-state index < -0.39 is 11.9 Å². The maximum absolute atomic E-state index is 13.6. The van der Waals surface area contributed by atoms with Gasteiger partial charge in [-0.15, -0.1) is 11.3 Å². The second-order valence-electron chi connectivity index (χ2n) is 6.69. The monoisotopic (exact) mass is 433 g/mol. The van der Waals surface area contributed by atoms with Crippen LogP contribution in [0, 0.1) is 0 Å². The lowest BCUT2D eigenvalue weighted by atomic mass is 9.86. The van der Waals surface area contributed by atoms with E-state index in [2.05, 4.69) is 22.9 Å². The predicted octanol–water partition coefficient (Wildman–Crippen LogP) is 5.95. The van der Waals surface area contributed by atoms with E-state index in [4.69, 9.17) is 9.47 Å². The zero-order valence-electron chi connectivity index (χ0n) is 17.3. The van der Waals surface area contributed by atoms with Crippen molar-refractivity contribution in [2.45, 2.75) is 44.4 Å². The topological polar surface area (TPSA) is 38.8 Å². The van der Waals surface area contributed by atoms with Gasteiger partial charge in [-0.3, -0.25) is 0 Å². The number of hydrogen-bond donors (Lipinski definition) is 0. The lowest BCUT2D eigenvalue weighted by Gasteiger charge is -2.27. The first-order valence-corrected chi connectivity index (χ1v) is 10.4. The van der Waals surface area contributed by atoms with Gasteiger partial charge in [-0.1, -0.05) is 11.5 Å². The number of nitrogens with zero attached hydrogens (tertiary/aromatic N) is 1. The summed E-state index contributed by atoms with van der Waals surface area (Å²) in [6.07, 6.45) is 7.00. The number of halogens is 2. The van der Waals surface area contributed by atoms with Gasteiger partial charge in [0.15, 0.2) is 0 Å². The molecule has 0 bridgehead atoms. The van der Waals surface area contributed by atoms with Crippen LogP contribution in [-0.2, 0) is 9.47 Å². The van der Waals surface area contributed by atoms with Gasteiger partial charge in [0.05, 0.1) is 26.1 Å².